The highest BCUT2D eigenvalue weighted by molar-refractivity contribution is 7.89. The van der Waals surface area contributed by atoms with Crippen LogP contribution in [-0.4, -0.2) is 52.5 Å². The van der Waals surface area contributed by atoms with Crippen LogP contribution in [0.3, 0.4) is 0 Å². The lowest BCUT2D eigenvalue weighted by molar-refractivity contribution is -0.124. The number of carbonyl (C=O) groups excluding carboxylic acids is 1. The molecule has 23 heavy (non-hydrogen) atoms. The van der Waals surface area contributed by atoms with Gasteiger partial charge in [-0.15, -0.1) is 0 Å². The van der Waals surface area contributed by atoms with E-state index in [1.165, 1.54) is 0 Å². The predicted octanol–water partition coefficient (Wildman–Crippen LogP) is 0.566. The first-order chi connectivity index (χ1) is 10.7. The van der Waals surface area contributed by atoms with Crippen LogP contribution in [0.15, 0.2) is 17.0 Å². The van der Waals surface area contributed by atoms with Crippen LogP contribution < -0.4 is 10.0 Å². The lowest BCUT2D eigenvalue weighted by atomic mass is 10.0. The topological polar surface area (TPSA) is 78.5 Å². The van der Waals surface area contributed by atoms with Crippen LogP contribution in [0.4, 0.5) is 0 Å². The molecule has 0 aliphatic carbocycles. The number of hydrogen-bond acceptors (Lipinski definition) is 4. The Labute approximate surface area is 138 Å². The van der Waals surface area contributed by atoms with Crippen LogP contribution >= 0.6 is 0 Å². The van der Waals surface area contributed by atoms with E-state index in [4.69, 9.17) is 0 Å². The molecule has 2 rings (SSSR count). The first-order valence-corrected chi connectivity index (χ1v) is 9.14. The minimum atomic E-state index is -3.67. The molecule has 0 bridgehead atoms. The summed E-state index contributed by atoms with van der Waals surface area (Å²) in [5.41, 5.74) is 2.70. The molecule has 1 aliphatic heterocycles. The fraction of sp³-hybridized carbons (Fsp3) is 0.562. The molecule has 7 heteroatoms. The Hall–Kier alpha value is -1.44. The van der Waals surface area contributed by atoms with E-state index in [9.17, 15) is 13.2 Å². The van der Waals surface area contributed by atoms with Gasteiger partial charge in [0.25, 0.3) is 0 Å². The quantitative estimate of drug-likeness (QED) is 0.840. The van der Waals surface area contributed by atoms with Crippen molar-refractivity contribution in [3.05, 3.63) is 28.8 Å². The molecule has 2 N–H and O–H groups in total. The summed E-state index contributed by atoms with van der Waals surface area (Å²) in [5, 5.41) is 2.61. The van der Waals surface area contributed by atoms with Crippen molar-refractivity contribution >= 4 is 15.9 Å². The third-order valence-corrected chi connectivity index (χ3v) is 6.10. The Morgan fingerprint density at radius 3 is 2.35 bits per heavy atom. The van der Waals surface area contributed by atoms with Crippen molar-refractivity contribution in [3.63, 3.8) is 0 Å². The zero-order valence-corrected chi connectivity index (χ0v) is 15.1. The van der Waals surface area contributed by atoms with E-state index < -0.39 is 16.1 Å². The molecule has 1 saturated heterocycles. The third kappa shape index (κ3) is 3.73. The maximum absolute atomic E-state index is 12.8. The van der Waals surface area contributed by atoms with Gasteiger partial charge in [0.1, 0.15) is 0 Å². The number of amides is 1. The standard InChI is InChI=1S/C16H25N3O3S/c1-10-6-12(3)15(7-11(10)2)23(21,22)18-14-9-19(5)8-13(14)16(20)17-4/h6-7,13-14,18H,8-9H2,1-5H3,(H,17,20)/t13-,14-/m0/s1. The van der Waals surface area contributed by atoms with Crippen molar-refractivity contribution in [3.8, 4) is 0 Å². The van der Waals surface area contributed by atoms with Crippen molar-refractivity contribution in [1.82, 2.24) is 14.9 Å². The second kappa shape index (κ2) is 6.59. The Balaban J connectivity index is 2.31. The predicted molar refractivity (Wildman–Crippen MR) is 89.8 cm³/mol. The van der Waals surface area contributed by atoms with Gasteiger partial charge in [0.2, 0.25) is 15.9 Å². The first-order valence-electron chi connectivity index (χ1n) is 7.66. The van der Waals surface area contributed by atoms with Crippen LogP contribution in [0, 0.1) is 26.7 Å². The Bertz CT molecular complexity index is 716. The van der Waals surface area contributed by atoms with Gasteiger partial charge < -0.3 is 10.2 Å². The minimum absolute atomic E-state index is 0.140. The van der Waals surface area contributed by atoms with E-state index in [-0.39, 0.29) is 16.7 Å². The average Bonchev–Trinajstić information content (AvgIpc) is 2.81. The number of aryl methyl sites for hydroxylation is 3. The Kier molecular flexibility index (Phi) is 5.13. The Morgan fingerprint density at radius 1 is 1.13 bits per heavy atom. The Morgan fingerprint density at radius 2 is 1.74 bits per heavy atom. The molecule has 6 nitrogen and oxygen atoms in total. The maximum Gasteiger partial charge on any atom is 0.241 e. The van der Waals surface area contributed by atoms with Crippen molar-refractivity contribution < 1.29 is 13.2 Å². The molecule has 0 radical (unpaired) electrons. The van der Waals surface area contributed by atoms with Gasteiger partial charge in [-0.05, 0) is 50.6 Å². The number of likely N-dealkylation sites (tertiary alicyclic amines) is 1. The second-order valence-corrected chi connectivity index (χ2v) is 8.05. The van der Waals surface area contributed by atoms with Gasteiger partial charge in [-0.2, -0.15) is 0 Å². The molecule has 128 valence electrons. The number of likely N-dealkylation sites (N-methyl/N-ethyl adjacent to an activating group) is 1. The summed E-state index contributed by atoms with van der Waals surface area (Å²) >= 11 is 0. The monoisotopic (exact) mass is 339 g/mol. The largest absolute Gasteiger partial charge is 0.359 e. The summed E-state index contributed by atoms with van der Waals surface area (Å²) in [6.07, 6.45) is 0. The summed E-state index contributed by atoms with van der Waals surface area (Å²) in [6.45, 7) is 6.70. The van der Waals surface area contributed by atoms with E-state index in [0.717, 1.165) is 11.1 Å². The fourth-order valence-corrected chi connectivity index (χ4v) is 4.64. The van der Waals surface area contributed by atoms with Gasteiger partial charge in [-0.1, -0.05) is 6.07 Å². The third-order valence-electron chi connectivity index (χ3n) is 4.47. The molecule has 1 amide bonds. The molecule has 0 spiro atoms. The fourth-order valence-electron chi connectivity index (χ4n) is 3.06. The number of rotatable bonds is 4. The van der Waals surface area contributed by atoms with Crippen LogP contribution in [0.5, 0.6) is 0 Å². The molecule has 0 aromatic heterocycles. The summed E-state index contributed by atoms with van der Waals surface area (Å²) < 4.78 is 28.3. The number of sulfonamides is 1. The SMILES string of the molecule is CNC(=O)[C@H]1CN(C)C[C@@H]1NS(=O)(=O)c1cc(C)c(C)cc1C. The van der Waals surface area contributed by atoms with Gasteiger partial charge in [-0.25, -0.2) is 13.1 Å². The van der Waals surface area contributed by atoms with Crippen LogP contribution in [-0.2, 0) is 14.8 Å². The highest BCUT2D eigenvalue weighted by Gasteiger charge is 2.38. The van der Waals surface area contributed by atoms with Gasteiger partial charge in [-0.3, -0.25) is 4.79 Å². The van der Waals surface area contributed by atoms with Gasteiger partial charge >= 0.3 is 0 Å². The molecule has 2 atom stereocenters. The normalized spacial score (nSPS) is 22.3. The highest BCUT2D eigenvalue weighted by atomic mass is 32.2. The zero-order chi connectivity index (χ0) is 17.4. The zero-order valence-electron chi connectivity index (χ0n) is 14.3. The lowest BCUT2D eigenvalue weighted by Crippen LogP contribution is -2.45. The van der Waals surface area contributed by atoms with E-state index in [0.29, 0.717) is 18.7 Å². The van der Waals surface area contributed by atoms with Crippen molar-refractivity contribution in [1.29, 1.82) is 0 Å². The molecule has 1 aliphatic rings. The summed E-state index contributed by atoms with van der Waals surface area (Å²) in [5.74, 6) is -0.523. The van der Waals surface area contributed by atoms with Gasteiger partial charge in [0.15, 0.2) is 0 Å². The van der Waals surface area contributed by atoms with E-state index in [1.807, 2.05) is 31.9 Å². The van der Waals surface area contributed by atoms with Gasteiger partial charge in [0.05, 0.1) is 10.8 Å². The van der Waals surface area contributed by atoms with Crippen molar-refractivity contribution in [2.24, 2.45) is 5.92 Å². The summed E-state index contributed by atoms with van der Waals surface area (Å²) in [7, 11) is -0.219. The van der Waals surface area contributed by atoms with E-state index in [1.54, 1.807) is 20.0 Å². The number of hydrogen-bond donors (Lipinski definition) is 2. The van der Waals surface area contributed by atoms with Crippen LogP contribution in [0.2, 0.25) is 0 Å². The van der Waals surface area contributed by atoms with Crippen molar-refractivity contribution in [2.45, 2.75) is 31.7 Å². The second-order valence-electron chi connectivity index (χ2n) is 6.37. The molecule has 1 fully saturated rings. The molecule has 0 saturated carbocycles. The molecule has 1 aromatic rings. The minimum Gasteiger partial charge on any atom is -0.359 e. The molecule has 0 unspecified atom stereocenters. The first kappa shape index (κ1) is 17.9. The molecular weight excluding hydrogens is 314 g/mol. The number of carbonyl (C=O) groups is 1. The smallest absolute Gasteiger partial charge is 0.241 e. The van der Waals surface area contributed by atoms with E-state index >= 15 is 0 Å². The molecule has 1 heterocycles. The van der Waals surface area contributed by atoms with E-state index in [2.05, 4.69) is 10.0 Å². The van der Waals surface area contributed by atoms with Crippen LogP contribution in [0.1, 0.15) is 16.7 Å². The lowest BCUT2D eigenvalue weighted by Gasteiger charge is -2.20. The maximum atomic E-state index is 12.8. The summed E-state index contributed by atoms with van der Waals surface area (Å²) in [6, 6.07) is 3.15. The molecule has 1 aromatic carbocycles. The van der Waals surface area contributed by atoms with Crippen molar-refractivity contribution in [2.75, 3.05) is 27.2 Å². The number of benzene rings is 1. The van der Waals surface area contributed by atoms with Crippen LogP contribution in [0.25, 0.3) is 0 Å². The van der Waals surface area contributed by atoms with Gasteiger partial charge in [0, 0.05) is 26.2 Å². The number of nitrogens with one attached hydrogen (secondary N) is 2. The summed E-state index contributed by atoms with van der Waals surface area (Å²) in [4.78, 5) is 14.2. The highest BCUT2D eigenvalue weighted by Crippen LogP contribution is 2.23. The number of nitrogens with zero attached hydrogens (tertiary/aromatic N) is 1. The molecular formula is C16H25N3O3S. The average molecular weight is 339 g/mol.